The smallest absolute Gasteiger partial charge is 0.170 e. The Hall–Kier alpha value is -2.04. The van der Waals surface area contributed by atoms with Crippen LogP contribution in [0.3, 0.4) is 0 Å². The monoisotopic (exact) mass is 290 g/mol. The lowest BCUT2D eigenvalue weighted by Crippen LogP contribution is -2.13. The molecule has 20 heavy (non-hydrogen) atoms. The van der Waals surface area contributed by atoms with E-state index in [-0.39, 0.29) is 5.84 Å². The molecule has 4 nitrogen and oxygen atoms in total. The summed E-state index contributed by atoms with van der Waals surface area (Å²) in [5.41, 5.74) is 8.09. The van der Waals surface area contributed by atoms with Gasteiger partial charge in [-0.15, -0.1) is 0 Å². The number of rotatable bonds is 5. The number of halogens is 1. The minimum atomic E-state index is 0.0814. The van der Waals surface area contributed by atoms with Crippen LogP contribution in [0.1, 0.15) is 16.7 Å². The Balaban J connectivity index is 1.96. The fraction of sp³-hybridized carbons (Fsp3) is 0.133. The van der Waals surface area contributed by atoms with E-state index in [1.165, 1.54) is 0 Å². The van der Waals surface area contributed by atoms with Gasteiger partial charge in [-0.1, -0.05) is 53.2 Å². The SMILES string of the molecule is N/C(=N\O)c1cccc(COCc2ccccc2Cl)c1. The third kappa shape index (κ3) is 3.73. The summed E-state index contributed by atoms with van der Waals surface area (Å²) in [4.78, 5) is 0. The first-order chi connectivity index (χ1) is 9.70. The molecule has 0 unspecified atom stereocenters. The molecule has 0 heterocycles. The summed E-state index contributed by atoms with van der Waals surface area (Å²) in [5, 5.41) is 12.3. The normalized spacial score (nSPS) is 11.6. The van der Waals surface area contributed by atoms with Gasteiger partial charge in [0.1, 0.15) is 0 Å². The molecule has 2 rings (SSSR count). The van der Waals surface area contributed by atoms with Crippen molar-refractivity contribution in [1.29, 1.82) is 0 Å². The van der Waals surface area contributed by atoms with Gasteiger partial charge in [-0.3, -0.25) is 0 Å². The quantitative estimate of drug-likeness (QED) is 0.385. The maximum absolute atomic E-state index is 8.65. The van der Waals surface area contributed by atoms with Crippen molar-refractivity contribution in [3.05, 3.63) is 70.2 Å². The highest BCUT2D eigenvalue weighted by Gasteiger charge is 2.02. The average Bonchev–Trinajstić information content (AvgIpc) is 2.49. The van der Waals surface area contributed by atoms with E-state index in [9.17, 15) is 0 Å². The largest absolute Gasteiger partial charge is 0.409 e. The maximum Gasteiger partial charge on any atom is 0.170 e. The summed E-state index contributed by atoms with van der Waals surface area (Å²) in [6.07, 6.45) is 0. The van der Waals surface area contributed by atoms with Crippen molar-refractivity contribution in [3.8, 4) is 0 Å². The topological polar surface area (TPSA) is 67.8 Å². The molecule has 0 fully saturated rings. The Morgan fingerprint density at radius 1 is 1.15 bits per heavy atom. The lowest BCUT2D eigenvalue weighted by Gasteiger charge is -2.07. The van der Waals surface area contributed by atoms with Crippen LogP contribution in [0.2, 0.25) is 5.02 Å². The number of oxime groups is 1. The summed E-state index contributed by atoms with van der Waals surface area (Å²) >= 11 is 6.05. The first-order valence-corrected chi connectivity index (χ1v) is 6.46. The Morgan fingerprint density at radius 2 is 1.95 bits per heavy atom. The molecule has 0 bridgehead atoms. The van der Waals surface area contributed by atoms with Gasteiger partial charge in [-0.2, -0.15) is 0 Å². The molecule has 5 heteroatoms. The number of nitrogens with zero attached hydrogens (tertiary/aromatic N) is 1. The van der Waals surface area contributed by atoms with E-state index in [0.717, 1.165) is 11.1 Å². The molecule has 0 aliphatic heterocycles. The number of ether oxygens (including phenoxy) is 1. The van der Waals surface area contributed by atoms with Gasteiger partial charge in [-0.25, -0.2) is 0 Å². The van der Waals surface area contributed by atoms with E-state index in [0.29, 0.717) is 23.8 Å². The van der Waals surface area contributed by atoms with E-state index >= 15 is 0 Å². The number of amidine groups is 1. The van der Waals surface area contributed by atoms with Gasteiger partial charge in [0.05, 0.1) is 13.2 Å². The lowest BCUT2D eigenvalue weighted by atomic mass is 10.1. The molecule has 0 atom stereocenters. The van der Waals surface area contributed by atoms with Crippen LogP contribution in [0, 0.1) is 0 Å². The second kappa shape index (κ2) is 6.93. The molecule has 0 spiro atoms. The Morgan fingerprint density at radius 3 is 2.70 bits per heavy atom. The molecule has 104 valence electrons. The van der Waals surface area contributed by atoms with E-state index < -0.39 is 0 Å². The Labute approximate surface area is 122 Å². The number of hydrogen-bond donors (Lipinski definition) is 2. The first-order valence-electron chi connectivity index (χ1n) is 6.08. The summed E-state index contributed by atoms with van der Waals surface area (Å²) in [7, 11) is 0. The van der Waals surface area contributed by atoms with Crippen LogP contribution >= 0.6 is 11.6 Å². The van der Waals surface area contributed by atoms with Crippen molar-refractivity contribution in [2.75, 3.05) is 0 Å². The van der Waals surface area contributed by atoms with Crippen molar-refractivity contribution >= 4 is 17.4 Å². The third-order valence-corrected chi connectivity index (χ3v) is 3.18. The minimum Gasteiger partial charge on any atom is -0.409 e. The number of hydrogen-bond acceptors (Lipinski definition) is 3. The predicted molar refractivity (Wildman–Crippen MR) is 78.9 cm³/mol. The van der Waals surface area contributed by atoms with Crippen molar-refractivity contribution in [3.63, 3.8) is 0 Å². The molecular formula is C15H15ClN2O2. The van der Waals surface area contributed by atoms with Crippen LogP contribution in [0.25, 0.3) is 0 Å². The van der Waals surface area contributed by atoms with Crippen molar-refractivity contribution < 1.29 is 9.94 Å². The van der Waals surface area contributed by atoms with Crippen LogP contribution in [-0.4, -0.2) is 11.0 Å². The van der Waals surface area contributed by atoms with Crippen molar-refractivity contribution in [2.24, 2.45) is 10.9 Å². The molecule has 3 N–H and O–H groups in total. The van der Waals surface area contributed by atoms with Crippen molar-refractivity contribution in [2.45, 2.75) is 13.2 Å². The van der Waals surface area contributed by atoms with Crippen LogP contribution in [0.4, 0.5) is 0 Å². The highest BCUT2D eigenvalue weighted by Crippen LogP contribution is 2.16. The zero-order valence-corrected chi connectivity index (χ0v) is 11.5. The zero-order chi connectivity index (χ0) is 14.4. The molecule has 2 aromatic carbocycles. The van der Waals surface area contributed by atoms with Crippen LogP contribution in [0.15, 0.2) is 53.7 Å². The van der Waals surface area contributed by atoms with E-state index in [2.05, 4.69) is 5.16 Å². The molecule has 0 saturated carbocycles. The highest BCUT2D eigenvalue weighted by molar-refractivity contribution is 6.31. The molecular weight excluding hydrogens is 276 g/mol. The van der Waals surface area contributed by atoms with Gasteiger partial charge in [0.15, 0.2) is 5.84 Å². The molecule has 0 saturated heterocycles. The second-order valence-corrected chi connectivity index (χ2v) is 4.68. The van der Waals surface area contributed by atoms with Crippen LogP contribution in [0.5, 0.6) is 0 Å². The third-order valence-electron chi connectivity index (χ3n) is 2.81. The van der Waals surface area contributed by atoms with Gasteiger partial charge in [0, 0.05) is 10.6 Å². The molecule has 2 aromatic rings. The fourth-order valence-corrected chi connectivity index (χ4v) is 1.96. The van der Waals surface area contributed by atoms with Crippen LogP contribution in [-0.2, 0) is 18.0 Å². The zero-order valence-electron chi connectivity index (χ0n) is 10.8. The van der Waals surface area contributed by atoms with E-state index in [4.69, 9.17) is 27.3 Å². The molecule has 0 amide bonds. The fourth-order valence-electron chi connectivity index (χ4n) is 1.77. The highest BCUT2D eigenvalue weighted by atomic mass is 35.5. The average molecular weight is 291 g/mol. The van der Waals surface area contributed by atoms with Crippen molar-refractivity contribution in [1.82, 2.24) is 0 Å². The summed E-state index contributed by atoms with van der Waals surface area (Å²) < 4.78 is 5.63. The molecule has 0 aromatic heterocycles. The summed E-state index contributed by atoms with van der Waals surface area (Å²) in [5.74, 6) is 0.0814. The van der Waals surface area contributed by atoms with E-state index in [1.54, 1.807) is 6.07 Å². The molecule has 0 aliphatic carbocycles. The molecule has 0 radical (unpaired) electrons. The standard InChI is InChI=1S/C15H15ClN2O2/c16-14-7-2-1-5-13(14)10-20-9-11-4-3-6-12(8-11)15(17)18-19/h1-8,19H,9-10H2,(H2,17,18). The summed E-state index contributed by atoms with van der Waals surface area (Å²) in [6.45, 7) is 0.866. The van der Waals surface area contributed by atoms with Gasteiger partial charge in [0.25, 0.3) is 0 Å². The first kappa shape index (κ1) is 14.4. The van der Waals surface area contributed by atoms with E-state index in [1.807, 2.05) is 42.5 Å². The lowest BCUT2D eigenvalue weighted by molar-refractivity contribution is 0.107. The number of benzene rings is 2. The molecule has 0 aliphatic rings. The minimum absolute atomic E-state index is 0.0814. The Kier molecular flexibility index (Phi) is 4.98. The predicted octanol–water partition coefficient (Wildman–Crippen LogP) is 3.15. The Bertz CT molecular complexity index is 614. The summed E-state index contributed by atoms with van der Waals surface area (Å²) in [6, 6.07) is 14.9. The van der Waals surface area contributed by atoms with Crippen LogP contribution < -0.4 is 5.73 Å². The number of nitrogens with two attached hydrogens (primary N) is 1. The second-order valence-electron chi connectivity index (χ2n) is 4.27. The van der Waals surface area contributed by atoms with Gasteiger partial charge in [0.2, 0.25) is 0 Å². The van der Waals surface area contributed by atoms with Gasteiger partial charge in [-0.05, 0) is 23.3 Å². The maximum atomic E-state index is 8.65. The van der Waals surface area contributed by atoms with Gasteiger partial charge >= 0.3 is 0 Å². The van der Waals surface area contributed by atoms with Gasteiger partial charge < -0.3 is 15.7 Å².